The smallest absolute Gasteiger partial charge is 0.250 e. The van der Waals surface area contributed by atoms with Gasteiger partial charge in [0.1, 0.15) is 17.7 Å². The Morgan fingerprint density at radius 1 is 1.23 bits per heavy atom. The molecule has 0 spiro atoms. The van der Waals surface area contributed by atoms with E-state index < -0.39 is 6.04 Å². The van der Waals surface area contributed by atoms with Crippen molar-refractivity contribution in [3.05, 3.63) is 35.4 Å². The van der Waals surface area contributed by atoms with Crippen LogP contribution in [0.15, 0.2) is 23.5 Å². The predicted molar refractivity (Wildman–Crippen MR) is 101 cm³/mol. The van der Waals surface area contributed by atoms with Crippen LogP contribution in [0.3, 0.4) is 0 Å². The number of fused-ring (bicyclic) bond motifs is 2. The zero-order valence-corrected chi connectivity index (χ0v) is 15.9. The highest BCUT2D eigenvalue weighted by Gasteiger charge is 2.46. The molecule has 26 heavy (non-hydrogen) atoms. The van der Waals surface area contributed by atoms with Crippen molar-refractivity contribution in [1.82, 2.24) is 9.80 Å². The van der Waals surface area contributed by atoms with Crippen LogP contribution in [0.1, 0.15) is 18.1 Å². The van der Waals surface area contributed by atoms with Gasteiger partial charge in [0.2, 0.25) is 0 Å². The number of anilines is 2. The molecule has 0 aromatic heterocycles. The number of rotatable bonds is 0. The minimum absolute atomic E-state index is 0.0780. The average molecular weight is 357 g/mol. The highest BCUT2D eigenvalue weighted by atomic mass is 19.1. The van der Waals surface area contributed by atoms with E-state index in [1.54, 1.807) is 14.0 Å². The molecule has 0 aliphatic carbocycles. The predicted octanol–water partition coefficient (Wildman–Crippen LogP) is 1.78. The maximum absolute atomic E-state index is 15.2. The molecular weight excluding hydrogens is 333 g/mol. The molecule has 1 aromatic rings. The number of aliphatic imine (C=N–C) groups is 1. The van der Waals surface area contributed by atoms with Crippen molar-refractivity contribution >= 4 is 23.1 Å². The fourth-order valence-corrected chi connectivity index (χ4v) is 4.33. The summed E-state index contributed by atoms with van der Waals surface area (Å²) < 4.78 is 15.2. The Morgan fingerprint density at radius 2 is 1.92 bits per heavy atom. The first-order valence-corrected chi connectivity index (χ1v) is 8.81. The molecule has 3 aliphatic heterocycles. The maximum Gasteiger partial charge on any atom is 0.250 e. The third kappa shape index (κ3) is 2.13. The monoisotopic (exact) mass is 357 g/mol. The van der Waals surface area contributed by atoms with Crippen molar-refractivity contribution in [2.45, 2.75) is 25.9 Å². The number of amidine groups is 1. The van der Waals surface area contributed by atoms with Crippen molar-refractivity contribution in [3.8, 4) is 0 Å². The Balaban J connectivity index is 2.06. The van der Waals surface area contributed by atoms with E-state index in [0.29, 0.717) is 35.0 Å². The first-order chi connectivity index (χ1) is 12.2. The van der Waals surface area contributed by atoms with Gasteiger partial charge < -0.3 is 19.6 Å². The van der Waals surface area contributed by atoms with Gasteiger partial charge in [0.15, 0.2) is 5.82 Å². The maximum atomic E-state index is 15.2. The fourth-order valence-electron chi connectivity index (χ4n) is 4.33. The van der Waals surface area contributed by atoms with Gasteiger partial charge in [-0.2, -0.15) is 0 Å². The lowest BCUT2D eigenvalue weighted by Crippen LogP contribution is -2.62. The number of carbonyl (C=O) groups is 1. The summed E-state index contributed by atoms with van der Waals surface area (Å²) in [4.78, 5) is 25.5. The van der Waals surface area contributed by atoms with Crippen molar-refractivity contribution in [3.63, 3.8) is 0 Å². The van der Waals surface area contributed by atoms with Crippen LogP contribution in [-0.4, -0.2) is 67.9 Å². The van der Waals surface area contributed by atoms with E-state index in [4.69, 9.17) is 4.99 Å². The standard InChI is InChI=1S/C19H24FN5O/c1-10-7-13-15-17(16(10)20)24(6)19(26)14-9-22(4)8-11(2)25(14)18(15)21-12(3)23(13)5/h7,11,14H,3,8-9H2,1-2,4-6H3. The van der Waals surface area contributed by atoms with E-state index >= 15 is 4.39 Å². The van der Waals surface area contributed by atoms with E-state index in [1.807, 2.05) is 25.1 Å². The number of nitrogens with zero attached hydrogens (tertiary/aromatic N) is 5. The largest absolute Gasteiger partial charge is 0.339 e. The second-order valence-corrected chi connectivity index (χ2v) is 7.55. The van der Waals surface area contributed by atoms with Gasteiger partial charge in [-0.3, -0.25) is 4.79 Å². The van der Waals surface area contributed by atoms with Crippen molar-refractivity contribution in [1.29, 1.82) is 0 Å². The fraction of sp³-hybridized carbons (Fsp3) is 0.474. The summed E-state index contributed by atoms with van der Waals surface area (Å²) in [6, 6.07) is 1.49. The molecule has 0 radical (unpaired) electrons. The van der Waals surface area contributed by atoms with Gasteiger partial charge in [0.25, 0.3) is 5.91 Å². The molecule has 1 amide bonds. The molecule has 7 heteroatoms. The van der Waals surface area contributed by atoms with Crippen LogP contribution >= 0.6 is 0 Å². The van der Waals surface area contributed by atoms with Crippen LogP contribution in [0, 0.1) is 12.7 Å². The normalized spacial score (nSPS) is 25.8. The van der Waals surface area contributed by atoms with Gasteiger partial charge in [0, 0.05) is 33.2 Å². The number of carbonyl (C=O) groups excluding carboxylic acids is 1. The van der Waals surface area contributed by atoms with Crippen molar-refractivity contribution in [2.75, 3.05) is 44.0 Å². The summed E-state index contributed by atoms with van der Waals surface area (Å²) in [5.41, 5.74) is 2.33. The quantitative estimate of drug-likeness (QED) is 0.710. The van der Waals surface area contributed by atoms with Crippen molar-refractivity contribution < 1.29 is 9.18 Å². The van der Waals surface area contributed by atoms with E-state index in [-0.39, 0.29) is 17.8 Å². The SMILES string of the molecule is C=C1N=C2c3c(cc(C)c(F)c3N(C)C(=O)C3CN(C)CC(C)N23)N1C. The summed E-state index contributed by atoms with van der Waals surface area (Å²) in [6.45, 7) is 9.25. The second kappa shape index (κ2) is 5.54. The summed E-state index contributed by atoms with van der Waals surface area (Å²) in [5, 5.41) is 0. The Bertz CT molecular complexity index is 864. The molecule has 3 heterocycles. The third-order valence-electron chi connectivity index (χ3n) is 5.67. The highest BCUT2D eigenvalue weighted by Crippen LogP contribution is 2.42. The van der Waals surface area contributed by atoms with Crippen LogP contribution in [0.5, 0.6) is 0 Å². The number of amides is 1. The summed E-state index contributed by atoms with van der Waals surface area (Å²) in [7, 11) is 5.53. The molecule has 0 N–H and O–H groups in total. The third-order valence-corrected chi connectivity index (χ3v) is 5.67. The Labute approximate surface area is 153 Å². The lowest BCUT2D eigenvalue weighted by molar-refractivity contribution is -0.124. The molecular formula is C19H24FN5O. The van der Waals surface area contributed by atoms with Gasteiger partial charge >= 0.3 is 0 Å². The zero-order chi connectivity index (χ0) is 18.9. The summed E-state index contributed by atoms with van der Waals surface area (Å²) in [6.07, 6.45) is 0. The van der Waals surface area contributed by atoms with Crippen LogP contribution in [-0.2, 0) is 4.79 Å². The van der Waals surface area contributed by atoms with Crippen LogP contribution in [0.2, 0.25) is 0 Å². The summed E-state index contributed by atoms with van der Waals surface area (Å²) in [5.74, 6) is 0.765. The number of hydrogen-bond acceptors (Lipinski definition) is 5. The van der Waals surface area contributed by atoms with Gasteiger partial charge in [0.05, 0.1) is 16.9 Å². The first kappa shape index (κ1) is 17.0. The average Bonchev–Trinajstić information content (AvgIpc) is 2.66. The van der Waals surface area contributed by atoms with Crippen LogP contribution < -0.4 is 9.80 Å². The van der Waals surface area contributed by atoms with E-state index in [0.717, 1.165) is 12.2 Å². The van der Waals surface area contributed by atoms with E-state index in [1.165, 1.54) is 4.90 Å². The molecule has 6 nitrogen and oxygen atoms in total. The number of likely N-dealkylation sites (N-methyl/N-ethyl adjacent to an activating group) is 2. The van der Waals surface area contributed by atoms with Crippen molar-refractivity contribution in [2.24, 2.45) is 4.99 Å². The lowest BCUT2D eigenvalue weighted by atomic mass is 10.00. The van der Waals surface area contributed by atoms with Gasteiger partial charge in [-0.15, -0.1) is 0 Å². The first-order valence-electron chi connectivity index (χ1n) is 8.81. The minimum atomic E-state index is -0.399. The number of benzene rings is 1. The molecule has 4 rings (SSSR count). The molecule has 2 unspecified atom stereocenters. The van der Waals surface area contributed by atoms with E-state index in [9.17, 15) is 4.79 Å². The Hall–Kier alpha value is -2.41. The van der Waals surface area contributed by atoms with E-state index in [2.05, 4.69) is 23.3 Å². The molecule has 3 aliphatic rings. The molecule has 1 fully saturated rings. The summed E-state index contributed by atoms with van der Waals surface area (Å²) >= 11 is 0. The number of hydrogen-bond donors (Lipinski definition) is 0. The minimum Gasteiger partial charge on any atom is -0.339 e. The molecule has 2 atom stereocenters. The Morgan fingerprint density at radius 3 is 2.62 bits per heavy atom. The number of aryl methyl sites for hydroxylation is 1. The topological polar surface area (TPSA) is 42.4 Å². The van der Waals surface area contributed by atoms with Crippen LogP contribution in [0.4, 0.5) is 15.8 Å². The van der Waals surface area contributed by atoms with Gasteiger partial charge in [-0.1, -0.05) is 6.58 Å². The highest BCUT2D eigenvalue weighted by molar-refractivity contribution is 6.17. The molecule has 138 valence electrons. The molecule has 1 aromatic carbocycles. The van der Waals surface area contributed by atoms with Gasteiger partial charge in [-0.25, -0.2) is 9.38 Å². The van der Waals surface area contributed by atoms with Crippen LogP contribution in [0.25, 0.3) is 0 Å². The lowest BCUT2D eigenvalue weighted by Gasteiger charge is -2.45. The molecule has 0 bridgehead atoms. The molecule has 0 saturated carbocycles. The number of halogens is 1. The van der Waals surface area contributed by atoms with Gasteiger partial charge in [-0.05, 0) is 32.5 Å². The second-order valence-electron chi connectivity index (χ2n) is 7.55. The number of piperazine rings is 1. The zero-order valence-electron chi connectivity index (χ0n) is 15.9. The Kier molecular flexibility index (Phi) is 3.63. The molecule has 1 saturated heterocycles.